The first-order valence-electron chi connectivity index (χ1n) is 10.5. The van der Waals surface area contributed by atoms with Crippen molar-refractivity contribution in [2.45, 2.75) is 60.2 Å². The standard InChI is InChI=1S/C12H16N2O4.C12H18N2O2.CH4/c1-12(2,3)18-11(15)13(4)9-6-5-7-10(8-9)14(16)17;1-12(2,3)16-11(15)14(4)10-7-5-6-9(13)8-10;/h5-8H,1-4H3;5-8H,13H2,1-4H3;1H4. The molecule has 0 saturated carbocycles. The molecule has 2 aromatic carbocycles. The van der Waals surface area contributed by atoms with Crippen molar-refractivity contribution >= 4 is 34.9 Å². The van der Waals surface area contributed by atoms with E-state index in [1.54, 1.807) is 58.2 Å². The molecule has 2 amide bonds. The number of ether oxygens (including phenoxy) is 2. The molecule has 194 valence electrons. The summed E-state index contributed by atoms with van der Waals surface area (Å²) in [7, 11) is 3.16. The molecule has 0 aliphatic carbocycles. The van der Waals surface area contributed by atoms with E-state index in [-0.39, 0.29) is 13.1 Å². The monoisotopic (exact) mass is 490 g/mol. The Bertz CT molecular complexity index is 1010. The fourth-order valence-corrected chi connectivity index (χ4v) is 2.42. The Morgan fingerprint density at radius 2 is 1.23 bits per heavy atom. The quantitative estimate of drug-likeness (QED) is 0.306. The zero-order valence-electron chi connectivity index (χ0n) is 21.0. The molecule has 0 bridgehead atoms. The van der Waals surface area contributed by atoms with Crippen LogP contribution in [-0.4, -0.2) is 42.4 Å². The molecule has 0 saturated heterocycles. The number of nitrogens with two attached hydrogens (primary N) is 1. The zero-order chi connectivity index (χ0) is 26.3. The Kier molecular flexibility index (Phi) is 11.2. The fraction of sp³-hybridized carbons (Fsp3) is 0.440. The van der Waals surface area contributed by atoms with Gasteiger partial charge in [0.05, 0.1) is 10.6 Å². The number of nitrogens with zero attached hydrogens (tertiary/aromatic N) is 3. The first kappa shape index (κ1) is 31.2. The molecular weight excluding hydrogens is 452 g/mol. The zero-order valence-corrected chi connectivity index (χ0v) is 21.0. The molecule has 0 radical (unpaired) electrons. The third kappa shape index (κ3) is 11.2. The first-order chi connectivity index (χ1) is 15.5. The molecule has 0 unspecified atom stereocenters. The van der Waals surface area contributed by atoms with E-state index in [0.29, 0.717) is 17.1 Å². The van der Waals surface area contributed by atoms with E-state index >= 15 is 0 Å². The second-order valence-corrected chi connectivity index (χ2v) is 9.45. The van der Waals surface area contributed by atoms with Crippen molar-refractivity contribution in [2.24, 2.45) is 0 Å². The topological polar surface area (TPSA) is 128 Å². The maximum atomic E-state index is 11.8. The Balaban J connectivity index is 0.000000646. The smallest absolute Gasteiger partial charge is 0.414 e. The number of nitrogen functional groups attached to an aromatic ring is 1. The van der Waals surface area contributed by atoms with Crippen molar-refractivity contribution in [1.29, 1.82) is 0 Å². The van der Waals surface area contributed by atoms with Gasteiger partial charge in [-0.1, -0.05) is 19.6 Å². The van der Waals surface area contributed by atoms with E-state index in [2.05, 4.69) is 0 Å². The van der Waals surface area contributed by atoms with Crippen LogP contribution < -0.4 is 15.5 Å². The van der Waals surface area contributed by atoms with Gasteiger partial charge in [0.15, 0.2) is 0 Å². The van der Waals surface area contributed by atoms with Crippen molar-refractivity contribution in [2.75, 3.05) is 29.6 Å². The van der Waals surface area contributed by atoms with Crippen LogP contribution in [0.2, 0.25) is 0 Å². The summed E-state index contributed by atoms with van der Waals surface area (Å²) in [6.45, 7) is 10.8. The predicted octanol–water partition coefficient (Wildman–Crippen LogP) is 6.24. The highest BCUT2D eigenvalue weighted by molar-refractivity contribution is 5.88. The summed E-state index contributed by atoms with van der Waals surface area (Å²) in [5.74, 6) is 0. The van der Waals surface area contributed by atoms with E-state index in [1.165, 1.54) is 35.0 Å². The van der Waals surface area contributed by atoms with Gasteiger partial charge in [-0.3, -0.25) is 19.9 Å². The minimum Gasteiger partial charge on any atom is -0.443 e. The van der Waals surface area contributed by atoms with Crippen LogP contribution in [0.5, 0.6) is 0 Å². The highest BCUT2D eigenvalue weighted by Crippen LogP contribution is 2.22. The van der Waals surface area contributed by atoms with Crippen LogP contribution in [0, 0.1) is 10.1 Å². The number of amides is 2. The molecule has 2 rings (SSSR count). The van der Waals surface area contributed by atoms with Gasteiger partial charge in [0, 0.05) is 37.6 Å². The molecule has 2 aromatic rings. The SMILES string of the molecule is C.CN(C(=O)OC(C)(C)C)c1cccc(N)c1.CN(C(=O)OC(C)(C)C)c1cccc([N+](=O)[O-])c1. The second-order valence-electron chi connectivity index (χ2n) is 9.45. The van der Waals surface area contributed by atoms with Gasteiger partial charge >= 0.3 is 12.2 Å². The van der Waals surface area contributed by atoms with Crippen molar-refractivity contribution in [1.82, 2.24) is 0 Å². The van der Waals surface area contributed by atoms with Crippen LogP contribution in [0.15, 0.2) is 48.5 Å². The number of non-ortho nitro benzene ring substituents is 1. The number of rotatable bonds is 3. The van der Waals surface area contributed by atoms with Crippen LogP contribution in [0.1, 0.15) is 49.0 Å². The van der Waals surface area contributed by atoms with E-state index < -0.39 is 28.3 Å². The van der Waals surface area contributed by atoms with Gasteiger partial charge in [-0.05, 0) is 65.8 Å². The average Bonchev–Trinajstić information content (AvgIpc) is 2.70. The van der Waals surface area contributed by atoms with E-state index in [9.17, 15) is 19.7 Å². The lowest BCUT2D eigenvalue weighted by Gasteiger charge is -2.24. The molecule has 0 spiro atoms. The minimum atomic E-state index is -0.605. The van der Waals surface area contributed by atoms with E-state index in [4.69, 9.17) is 15.2 Å². The highest BCUT2D eigenvalue weighted by Gasteiger charge is 2.22. The van der Waals surface area contributed by atoms with Crippen LogP contribution in [-0.2, 0) is 9.47 Å². The van der Waals surface area contributed by atoms with Gasteiger partial charge in [-0.25, -0.2) is 9.59 Å². The molecule has 0 aliphatic rings. The number of nitro benzene ring substituents is 1. The molecule has 35 heavy (non-hydrogen) atoms. The van der Waals surface area contributed by atoms with E-state index in [1.807, 2.05) is 20.8 Å². The van der Waals surface area contributed by atoms with Crippen LogP contribution in [0.3, 0.4) is 0 Å². The van der Waals surface area contributed by atoms with Crippen molar-refractivity contribution in [3.8, 4) is 0 Å². The average molecular weight is 491 g/mol. The van der Waals surface area contributed by atoms with E-state index in [0.717, 1.165) is 0 Å². The fourth-order valence-electron chi connectivity index (χ4n) is 2.42. The number of carbonyl (C=O) groups excluding carboxylic acids is 2. The minimum absolute atomic E-state index is 0. The summed E-state index contributed by atoms with van der Waals surface area (Å²) in [6, 6.07) is 12.9. The molecule has 0 atom stereocenters. The molecule has 10 nitrogen and oxygen atoms in total. The molecule has 10 heteroatoms. The Morgan fingerprint density at radius 3 is 1.60 bits per heavy atom. The maximum absolute atomic E-state index is 11.8. The third-order valence-electron chi connectivity index (χ3n) is 4.02. The highest BCUT2D eigenvalue weighted by atomic mass is 16.6. The Morgan fingerprint density at radius 1 is 0.829 bits per heavy atom. The lowest BCUT2D eigenvalue weighted by Crippen LogP contribution is -2.34. The first-order valence-corrected chi connectivity index (χ1v) is 10.5. The van der Waals surface area contributed by atoms with Crippen LogP contribution in [0.25, 0.3) is 0 Å². The van der Waals surface area contributed by atoms with Crippen molar-refractivity contribution in [3.05, 3.63) is 58.6 Å². The summed E-state index contributed by atoms with van der Waals surface area (Å²) in [5, 5.41) is 10.6. The van der Waals surface area contributed by atoms with Crippen LogP contribution >= 0.6 is 0 Å². The van der Waals surface area contributed by atoms with Gasteiger partial charge in [-0.2, -0.15) is 0 Å². The molecular formula is C25H38N4O6. The summed E-state index contributed by atoms with van der Waals surface area (Å²) in [4.78, 5) is 36.3. The maximum Gasteiger partial charge on any atom is 0.414 e. The largest absolute Gasteiger partial charge is 0.443 e. The molecule has 2 N–H and O–H groups in total. The number of hydrogen-bond donors (Lipinski definition) is 1. The number of hydrogen-bond acceptors (Lipinski definition) is 7. The van der Waals surface area contributed by atoms with Gasteiger partial charge in [0.25, 0.3) is 5.69 Å². The summed E-state index contributed by atoms with van der Waals surface area (Å²) >= 11 is 0. The number of carbonyl (C=O) groups is 2. The lowest BCUT2D eigenvalue weighted by molar-refractivity contribution is -0.384. The van der Waals surface area contributed by atoms with Crippen LogP contribution in [0.4, 0.5) is 32.3 Å². The second kappa shape index (κ2) is 12.6. The van der Waals surface area contributed by atoms with Crippen molar-refractivity contribution < 1.29 is 24.0 Å². The summed E-state index contributed by atoms with van der Waals surface area (Å²) in [6.07, 6.45) is -0.943. The van der Waals surface area contributed by atoms with Gasteiger partial charge in [0.1, 0.15) is 11.2 Å². The Labute approximate surface area is 207 Å². The van der Waals surface area contributed by atoms with Crippen molar-refractivity contribution in [3.63, 3.8) is 0 Å². The number of nitro groups is 1. The predicted molar refractivity (Wildman–Crippen MR) is 140 cm³/mol. The lowest BCUT2D eigenvalue weighted by atomic mass is 10.2. The Hall–Kier alpha value is -3.82. The summed E-state index contributed by atoms with van der Waals surface area (Å²) in [5.41, 5.74) is 6.23. The molecule has 0 aromatic heterocycles. The molecule has 0 aliphatic heterocycles. The number of benzene rings is 2. The van der Waals surface area contributed by atoms with Gasteiger partial charge in [0.2, 0.25) is 0 Å². The third-order valence-corrected chi connectivity index (χ3v) is 4.02. The number of anilines is 3. The molecule has 0 heterocycles. The normalized spacial score (nSPS) is 10.6. The summed E-state index contributed by atoms with van der Waals surface area (Å²) < 4.78 is 10.4. The van der Waals surface area contributed by atoms with Gasteiger partial charge < -0.3 is 15.2 Å². The molecule has 0 fully saturated rings. The van der Waals surface area contributed by atoms with Gasteiger partial charge in [-0.15, -0.1) is 0 Å².